The van der Waals surface area contributed by atoms with E-state index in [-0.39, 0.29) is 11.9 Å². The second kappa shape index (κ2) is 7.22. The van der Waals surface area contributed by atoms with Crippen molar-refractivity contribution in [3.8, 4) is 0 Å². The summed E-state index contributed by atoms with van der Waals surface area (Å²) in [4.78, 5) is 11.9. The SMILES string of the molecule is NC(CC(=O)NCc1ccc(Br)cc1)c1ccccc1. The van der Waals surface area contributed by atoms with Crippen LogP contribution in [0, 0.1) is 0 Å². The number of amides is 1. The summed E-state index contributed by atoms with van der Waals surface area (Å²) in [6.45, 7) is 0.521. The zero-order chi connectivity index (χ0) is 14.4. The number of hydrogen-bond donors (Lipinski definition) is 2. The Kier molecular flexibility index (Phi) is 5.32. The van der Waals surface area contributed by atoms with Gasteiger partial charge in [-0.25, -0.2) is 0 Å². The van der Waals surface area contributed by atoms with Crippen molar-refractivity contribution in [2.75, 3.05) is 0 Å². The van der Waals surface area contributed by atoms with E-state index in [9.17, 15) is 4.79 Å². The van der Waals surface area contributed by atoms with Crippen LogP contribution >= 0.6 is 15.9 Å². The highest BCUT2D eigenvalue weighted by molar-refractivity contribution is 9.10. The van der Waals surface area contributed by atoms with Crippen LogP contribution in [0.1, 0.15) is 23.6 Å². The summed E-state index contributed by atoms with van der Waals surface area (Å²) in [6.07, 6.45) is 0.292. The fraction of sp³-hybridized carbons (Fsp3) is 0.188. The maximum atomic E-state index is 11.9. The molecule has 0 spiro atoms. The number of nitrogens with two attached hydrogens (primary N) is 1. The van der Waals surface area contributed by atoms with Gasteiger partial charge in [0.1, 0.15) is 0 Å². The van der Waals surface area contributed by atoms with Crippen molar-refractivity contribution in [2.24, 2.45) is 5.73 Å². The van der Waals surface area contributed by atoms with Gasteiger partial charge in [-0.2, -0.15) is 0 Å². The summed E-state index contributed by atoms with van der Waals surface area (Å²) in [5, 5.41) is 2.88. The third kappa shape index (κ3) is 4.47. The number of hydrogen-bond acceptors (Lipinski definition) is 2. The normalized spacial score (nSPS) is 11.9. The Morgan fingerprint density at radius 2 is 1.75 bits per heavy atom. The average Bonchev–Trinajstić information content (AvgIpc) is 2.47. The molecule has 2 rings (SSSR count). The van der Waals surface area contributed by atoms with Crippen molar-refractivity contribution in [1.82, 2.24) is 5.32 Å². The second-order valence-corrected chi connectivity index (χ2v) is 5.54. The molecule has 3 N–H and O–H groups in total. The van der Waals surface area contributed by atoms with Gasteiger partial charge in [0.2, 0.25) is 5.91 Å². The molecule has 0 bridgehead atoms. The minimum absolute atomic E-state index is 0.0377. The third-order valence-corrected chi connectivity index (χ3v) is 3.56. The zero-order valence-corrected chi connectivity index (χ0v) is 12.6. The molecule has 0 heterocycles. The summed E-state index contributed by atoms with van der Waals surface area (Å²) in [6, 6.07) is 17.3. The van der Waals surface area contributed by atoms with Gasteiger partial charge in [0, 0.05) is 23.5 Å². The molecule has 1 amide bonds. The molecular weight excluding hydrogens is 316 g/mol. The predicted octanol–water partition coefficient (Wildman–Crippen LogP) is 3.16. The Morgan fingerprint density at radius 1 is 1.10 bits per heavy atom. The third-order valence-electron chi connectivity index (χ3n) is 3.04. The fourth-order valence-electron chi connectivity index (χ4n) is 1.89. The van der Waals surface area contributed by atoms with Gasteiger partial charge in [-0.05, 0) is 23.3 Å². The van der Waals surface area contributed by atoms with E-state index in [1.807, 2.05) is 54.6 Å². The summed E-state index contributed by atoms with van der Waals surface area (Å²) in [5.74, 6) is -0.0377. The van der Waals surface area contributed by atoms with Crippen molar-refractivity contribution in [1.29, 1.82) is 0 Å². The van der Waals surface area contributed by atoms with Crippen molar-refractivity contribution < 1.29 is 4.79 Å². The highest BCUT2D eigenvalue weighted by Gasteiger charge is 2.10. The lowest BCUT2D eigenvalue weighted by Crippen LogP contribution is -2.27. The molecule has 1 atom stereocenters. The molecule has 0 aromatic heterocycles. The Bertz CT molecular complexity index is 554. The maximum absolute atomic E-state index is 11.9. The quantitative estimate of drug-likeness (QED) is 0.883. The van der Waals surface area contributed by atoms with Gasteiger partial charge in [0.25, 0.3) is 0 Å². The van der Waals surface area contributed by atoms with Crippen LogP contribution in [-0.2, 0) is 11.3 Å². The van der Waals surface area contributed by atoms with E-state index in [2.05, 4.69) is 21.2 Å². The lowest BCUT2D eigenvalue weighted by atomic mass is 10.0. The summed E-state index contributed by atoms with van der Waals surface area (Å²) in [5.41, 5.74) is 8.06. The first-order valence-corrected chi connectivity index (χ1v) is 7.26. The van der Waals surface area contributed by atoms with Gasteiger partial charge >= 0.3 is 0 Å². The van der Waals surface area contributed by atoms with Gasteiger partial charge in [-0.15, -0.1) is 0 Å². The number of carbonyl (C=O) groups is 1. The number of carbonyl (C=O) groups excluding carboxylic acids is 1. The van der Waals surface area contributed by atoms with E-state index in [0.717, 1.165) is 15.6 Å². The molecule has 104 valence electrons. The Labute approximate surface area is 127 Å². The minimum Gasteiger partial charge on any atom is -0.352 e. The standard InChI is InChI=1S/C16H17BrN2O/c17-14-8-6-12(7-9-14)11-19-16(20)10-15(18)13-4-2-1-3-5-13/h1-9,15H,10-11,18H2,(H,19,20). The zero-order valence-electron chi connectivity index (χ0n) is 11.1. The molecule has 0 saturated heterocycles. The summed E-state index contributed by atoms with van der Waals surface area (Å²) < 4.78 is 1.03. The van der Waals surface area contributed by atoms with E-state index in [1.165, 1.54) is 0 Å². The number of benzene rings is 2. The Morgan fingerprint density at radius 3 is 2.40 bits per heavy atom. The average molecular weight is 333 g/mol. The molecular formula is C16H17BrN2O. The molecule has 0 saturated carbocycles. The Balaban J connectivity index is 1.82. The van der Waals surface area contributed by atoms with Crippen LogP contribution < -0.4 is 11.1 Å². The molecule has 2 aromatic carbocycles. The Hall–Kier alpha value is -1.65. The maximum Gasteiger partial charge on any atom is 0.222 e. The predicted molar refractivity (Wildman–Crippen MR) is 84.0 cm³/mol. The first-order chi connectivity index (χ1) is 9.65. The molecule has 0 aliphatic heterocycles. The molecule has 3 nitrogen and oxygen atoms in total. The molecule has 0 aliphatic carbocycles. The minimum atomic E-state index is -0.263. The van der Waals surface area contributed by atoms with E-state index in [1.54, 1.807) is 0 Å². The highest BCUT2D eigenvalue weighted by Crippen LogP contribution is 2.13. The molecule has 0 radical (unpaired) electrons. The van der Waals surface area contributed by atoms with E-state index < -0.39 is 0 Å². The van der Waals surface area contributed by atoms with Gasteiger partial charge < -0.3 is 11.1 Å². The van der Waals surface area contributed by atoms with Crippen LogP contribution in [0.2, 0.25) is 0 Å². The van der Waals surface area contributed by atoms with Crippen LogP contribution in [0.15, 0.2) is 59.1 Å². The van der Waals surface area contributed by atoms with Crippen molar-refractivity contribution in [3.63, 3.8) is 0 Å². The van der Waals surface area contributed by atoms with E-state index in [4.69, 9.17) is 5.73 Å². The number of halogens is 1. The summed E-state index contributed by atoms with van der Waals surface area (Å²) in [7, 11) is 0. The van der Waals surface area contributed by atoms with Crippen LogP contribution in [0.3, 0.4) is 0 Å². The van der Waals surface area contributed by atoms with Gasteiger partial charge in [-0.3, -0.25) is 4.79 Å². The lowest BCUT2D eigenvalue weighted by molar-refractivity contribution is -0.121. The number of rotatable bonds is 5. The molecule has 1 unspecified atom stereocenters. The fourth-order valence-corrected chi connectivity index (χ4v) is 2.16. The molecule has 0 fully saturated rings. The topological polar surface area (TPSA) is 55.1 Å². The summed E-state index contributed by atoms with van der Waals surface area (Å²) >= 11 is 3.38. The first-order valence-electron chi connectivity index (χ1n) is 6.47. The molecule has 4 heteroatoms. The largest absolute Gasteiger partial charge is 0.352 e. The van der Waals surface area contributed by atoms with Crippen molar-refractivity contribution >= 4 is 21.8 Å². The van der Waals surface area contributed by atoms with Crippen LogP contribution in [0.5, 0.6) is 0 Å². The van der Waals surface area contributed by atoms with Gasteiger partial charge in [-0.1, -0.05) is 58.4 Å². The lowest BCUT2D eigenvalue weighted by Gasteiger charge is -2.12. The van der Waals surface area contributed by atoms with Crippen molar-refractivity contribution in [2.45, 2.75) is 19.0 Å². The molecule has 0 aliphatic rings. The van der Waals surface area contributed by atoms with Crippen LogP contribution in [0.4, 0.5) is 0 Å². The molecule has 2 aromatic rings. The number of nitrogens with one attached hydrogen (secondary N) is 1. The highest BCUT2D eigenvalue weighted by atomic mass is 79.9. The first kappa shape index (κ1) is 14.8. The second-order valence-electron chi connectivity index (χ2n) is 4.62. The van der Waals surface area contributed by atoms with E-state index >= 15 is 0 Å². The van der Waals surface area contributed by atoms with Crippen LogP contribution in [-0.4, -0.2) is 5.91 Å². The van der Waals surface area contributed by atoms with Gasteiger partial charge in [0.15, 0.2) is 0 Å². The van der Waals surface area contributed by atoms with Crippen molar-refractivity contribution in [3.05, 3.63) is 70.2 Å². The smallest absolute Gasteiger partial charge is 0.222 e. The monoisotopic (exact) mass is 332 g/mol. The van der Waals surface area contributed by atoms with Crippen LogP contribution in [0.25, 0.3) is 0 Å². The molecule has 20 heavy (non-hydrogen) atoms. The van der Waals surface area contributed by atoms with E-state index in [0.29, 0.717) is 13.0 Å². The van der Waals surface area contributed by atoms with Gasteiger partial charge in [0.05, 0.1) is 0 Å².